The van der Waals surface area contributed by atoms with E-state index in [1.54, 1.807) is 19.2 Å². The van der Waals surface area contributed by atoms with E-state index in [-0.39, 0.29) is 41.3 Å². The van der Waals surface area contributed by atoms with Crippen LogP contribution in [0.4, 0.5) is 0 Å². The molecule has 2 aromatic carbocycles. The Hall–Kier alpha value is -4.13. The molecule has 0 aliphatic carbocycles. The van der Waals surface area contributed by atoms with Crippen molar-refractivity contribution in [2.24, 2.45) is 5.41 Å². The van der Waals surface area contributed by atoms with Crippen molar-refractivity contribution in [3.8, 4) is 34.1 Å². The van der Waals surface area contributed by atoms with Gasteiger partial charge in [-0.2, -0.15) is 4.98 Å². The molecular weight excluding hydrogens is 715 g/mol. The molecule has 11 nitrogen and oxygen atoms in total. The van der Waals surface area contributed by atoms with E-state index in [0.29, 0.717) is 93.5 Å². The molecule has 1 spiro atoms. The van der Waals surface area contributed by atoms with Gasteiger partial charge in [0.05, 0.1) is 17.2 Å². The van der Waals surface area contributed by atoms with E-state index in [1.807, 2.05) is 42.5 Å². The number of carbonyl (C=O) groups excluding carboxylic acids is 2. The minimum Gasteiger partial charge on any atom is -0.481 e. The number of methoxy groups -OCH3 is 1. The molecule has 4 N–H and O–H groups in total. The number of H-pyrrole nitrogens is 1. The summed E-state index contributed by atoms with van der Waals surface area (Å²) in [5.74, 6) is 0.806. The number of halogens is 3. The molecule has 5 heterocycles. The summed E-state index contributed by atoms with van der Waals surface area (Å²) in [5, 5.41) is 10.3. The SMILES string of the molecule is COc1nc(OCc2cccc(-c3cccc(-c4ccc(CNCC5CCC(=O)N5)c(=O)[nH]4)c3Cl)c2Cl)c(Cl)cc1CN1CC2(CNC(=O)C2)C1. The van der Waals surface area contributed by atoms with Crippen LogP contribution in [0.3, 0.4) is 0 Å². The van der Waals surface area contributed by atoms with Crippen molar-refractivity contribution in [2.45, 2.75) is 45.0 Å². The zero-order chi connectivity index (χ0) is 35.7. The summed E-state index contributed by atoms with van der Waals surface area (Å²) < 4.78 is 11.7. The molecular formula is C37H37Cl3N6O5. The first-order valence-corrected chi connectivity index (χ1v) is 17.9. The largest absolute Gasteiger partial charge is 0.481 e. The molecule has 0 bridgehead atoms. The predicted molar refractivity (Wildman–Crippen MR) is 196 cm³/mol. The zero-order valence-corrected chi connectivity index (χ0v) is 30.2. The van der Waals surface area contributed by atoms with Crippen molar-refractivity contribution >= 4 is 46.6 Å². The van der Waals surface area contributed by atoms with Gasteiger partial charge in [-0.1, -0.05) is 77.3 Å². The minimum atomic E-state index is -0.223. The van der Waals surface area contributed by atoms with Crippen LogP contribution in [0.2, 0.25) is 15.1 Å². The lowest BCUT2D eigenvalue weighted by atomic mass is 9.79. The van der Waals surface area contributed by atoms with Crippen molar-refractivity contribution in [1.29, 1.82) is 0 Å². The van der Waals surface area contributed by atoms with E-state index < -0.39 is 0 Å². The maximum atomic E-state index is 13.0. The Morgan fingerprint density at radius 1 is 0.922 bits per heavy atom. The standard InChI is InChI=1S/C37H37Cl3N6O5/c1-50-35-23(16-46-19-37(20-46)13-31(48)42-18-37)12-28(38)36(45-35)51-17-22-4-2-5-25(32(22)39)26-6-3-7-27(33(26)40)29-10-8-21(34(49)44-29)14-41-15-24-9-11-30(47)43-24/h2-8,10,12,24,41H,9,11,13-20H2,1H3,(H,42,48)(H,43,47)(H,44,49). The number of carbonyl (C=O) groups is 2. The lowest BCUT2D eigenvalue weighted by Crippen LogP contribution is -2.56. The van der Waals surface area contributed by atoms with Crippen LogP contribution in [0.1, 0.15) is 36.0 Å². The van der Waals surface area contributed by atoms with Crippen molar-refractivity contribution in [3.05, 3.63) is 96.7 Å². The van der Waals surface area contributed by atoms with Crippen molar-refractivity contribution in [3.63, 3.8) is 0 Å². The highest BCUT2D eigenvalue weighted by molar-refractivity contribution is 6.38. The molecule has 0 saturated carbocycles. The van der Waals surface area contributed by atoms with Crippen LogP contribution < -0.4 is 31.0 Å². The van der Waals surface area contributed by atoms with Crippen LogP contribution in [0.25, 0.3) is 22.4 Å². The van der Waals surface area contributed by atoms with Gasteiger partial charge in [0.15, 0.2) is 0 Å². The summed E-state index contributed by atoms with van der Waals surface area (Å²) in [7, 11) is 1.56. The van der Waals surface area contributed by atoms with E-state index in [1.165, 1.54) is 0 Å². The highest BCUT2D eigenvalue weighted by Gasteiger charge is 2.48. The number of aromatic amines is 1. The zero-order valence-electron chi connectivity index (χ0n) is 27.9. The van der Waals surface area contributed by atoms with E-state index in [0.717, 1.165) is 25.1 Å². The summed E-state index contributed by atoms with van der Waals surface area (Å²) in [6.07, 6.45) is 1.88. The lowest BCUT2D eigenvalue weighted by molar-refractivity contribution is -0.121. The number of hydrogen-bond donors (Lipinski definition) is 4. The lowest BCUT2D eigenvalue weighted by Gasteiger charge is -2.47. The third-order valence-corrected chi connectivity index (χ3v) is 10.8. The van der Waals surface area contributed by atoms with Crippen LogP contribution >= 0.6 is 34.8 Å². The van der Waals surface area contributed by atoms with Crippen LogP contribution in [-0.4, -0.2) is 66.0 Å². The van der Waals surface area contributed by atoms with Crippen LogP contribution in [0.5, 0.6) is 11.8 Å². The summed E-state index contributed by atoms with van der Waals surface area (Å²) >= 11 is 20.6. The Morgan fingerprint density at radius 2 is 1.69 bits per heavy atom. The number of ether oxygens (including phenoxy) is 2. The highest BCUT2D eigenvalue weighted by atomic mass is 35.5. The molecule has 3 aliphatic heterocycles. The molecule has 2 amide bonds. The summed E-state index contributed by atoms with van der Waals surface area (Å²) in [6.45, 7) is 4.00. The third kappa shape index (κ3) is 7.59. The van der Waals surface area contributed by atoms with E-state index >= 15 is 0 Å². The minimum absolute atomic E-state index is 0.0179. The average Bonchev–Trinajstić information content (AvgIpc) is 3.70. The molecule has 51 heavy (non-hydrogen) atoms. The van der Waals surface area contributed by atoms with Gasteiger partial charge in [0.1, 0.15) is 11.6 Å². The number of benzene rings is 2. The Labute approximate surface area is 310 Å². The fourth-order valence-electron chi connectivity index (χ4n) is 7.12. The molecule has 3 fully saturated rings. The first-order chi connectivity index (χ1) is 24.6. The van der Waals surface area contributed by atoms with Gasteiger partial charge in [-0.05, 0) is 18.6 Å². The Bertz CT molecular complexity index is 2050. The number of hydrogen-bond acceptors (Lipinski definition) is 8. The molecule has 0 radical (unpaired) electrons. The number of rotatable bonds is 12. The van der Waals surface area contributed by atoms with Crippen LogP contribution in [-0.2, 0) is 29.3 Å². The van der Waals surface area contributed by atoms with Crippen molar-refractivity contribution in [2.75, 3.05) is 33.3 Å². The van der Waals surface area contributed by atoms with Crippen LogP contribution in [0, 0.1) is 5.41 Å². The number of likely N-dealkylation sites (tertiary alicyclic amines) is 1. The average molecular weight is 752 g/mol. The second-order valence-corrected chi connectivity index (χ2v) is 14.6. The molecule has 4 aromatic rings. The van der Waals surface area contributed by atoms with E-state index in [2.05, 4.69) is 30.8 Å². The number of nitrogens with zero attached hydrogens (tertiary/aromatic N) is 2. The fourth-order valence-corrected chi connectivity index (χ4v) is 7.96. The first kappa shape index (κ1) is 35.3. The summed E-state index contributed by atoms with van der Waals surface area (Å²) in [4.78, 5) is 45.9. The predicted octanol–water partition coefficient (Wildman–Crippen LogP) is 5.34. The normalized spacial score (nSPS) is 18.1. The number of pyridine rings is 2. The fraction of sp³-hybridized carbons (Fsp3) is 0.351. The van der Waals surface area contributed by atoms with Gasteiger partial charge in [0.2, 0.25) is 23.6 Å². The van der Waals surface area contributed by atoms with Crippen molar-refractivity contribution in [1.82, 2.24) is 30.8 Å². The van der Waals surface area contributed by atoms with Gasteiger partial charge >= 0.3 is 0 Å². The second kappa shape index (κ2) is 14.8. The number of amides is 2. The van der Waals surface area contributed by atoms with Gasteiger partial charge < -0.3 is 30.4 Å². The molecule has 7 rings (SSSR count). The maximum Gasteiger partial charge on any atom is 0.252 e. The molecule has 1 unspecified atom stereocenters. The highest BCUT2D eigenvalue weighted by Crippen LogP contribution is 2.41. The summed E-state index contributed by atoms with van der Waals surface area (Å²) in [6, 6.07) is 16.7. The Morgan fingerprint density at radius 3 is 2.39 bits per heavy atom. The molecule has 1 atom stereocenters. The topological polar surface area (TPSA) is 138 Å². The third-order valence-electron chi connectivity index (χ3n) is 9.69. The maximum absolute atomic E-state index is 13.0. The molecule has 2 aromatic heterocycles. The number of nitrogens with one attached hydrogen (secondary N) is 4. The van der Waals surface area contributed by atoms with E-state index in [4.69, 9.17) is 44.3 Å². The smallest absolute Gasteiger partial charge is 0.252 e. The van der Waals surface area contributed by atoms with Crippen molar-refractivity contribution < 1.29 is 19.1 Å². The molecule has 3 aliphatic rings. The second-order valence-electron chi connectivity index (χ2n) is 13.4. The molecule has 14 heteroatoms. The van der Waals surface area contributed by atoms with E-state index in [9.17, 15) is 14.4 Å². The van der Waals surface area contributed by atoms with Gasteiger partial charge in [0, 0.05) is 103 Å². The molecule has 266 valence electrons. The van der Waals surface area contributed by atoms with Gasteiger partial charge in [-0.3, -0.25) is 19.3 Å². The van der Waals surface area contributed by atoms with Crippen LogP contribution in [0.15, 0.2) is 59.4 Å². The Kier molecular flexibility index (Phi) is 10.3. The monoisotopic (exact) mass is 750 g/mol. The Balaban J connectivity index is 1.03. The van der Waals surface area contributed by atoms with Gasteiger partial charge in [-0.25, -0.2) is 0 Å². The molecule has 3 saturated heterocycles. The number of aromatic nitrogens is 2. The van der Waals surface area contributed by atoms with Gasteiger partial charge in [-0.15, -0.1) is 0 Å². The first-order valence-electron chi connectivity index (χ1n) is 16.8. The summed E-state index contributed by atoms with van der Waals surface area (Å²) in [5.41, 5.74) is 4.53. The quantitative estimate of drug-likeness (QED) is 0.152. The van der Waals surface area contributed by atoms with Gasteiger partial charge in [0.25, 0.3) is 5.56 Å².